The first-order valence-electron chi connectivity index (χ1n) is 9.36. The molecular weight excluding hydrogens is 354 g/mol. The second kappa shape index (κ2) is 7.82. The summed E-state index contributed by atoms with van der Waals surface area (Å²) in [6.07, 6.45) is 3.88. The quantitative estimate of drug-likeness (QED) is 0.702. The van der Waals surface area contributed by atoms with Gasteiger partial charge in [0.2, 0.25) is 5.95 Å². The molecule has 0 saturated carbocycles. The van der Waals surface area contributed by atoms with Crippen molar-refractivity contribution in [3.63, 3.8) is 0 Å². The largest absolute Gasteiger partial charge is 0.334 e. The Morgan fingerprint density at radius 3 is 2.43 bits per heavy atom. The van der Waals surface area contributed by atoms with Crippen LogP contribution in [0.15, 0.2) is 54.9 Å². The number of hydrogen-bond acceptors (Lipinski definition) is 5. The van der Waals surface area contributed by atoms with Crippen LogP contribution >= 0.6 is 0 Å². The van der Waals surface area contributed by atoms with Crippen LogP contribution in [0.3, 0.4) is 0 Å². The van der Waals surface area contributed by atoms with Crippen LogP contribution in [0.4, 0.5) is 5.95 Å². The third kappa shape index (κ3) is 3.75. The Labute approximate surface area is 164 Å². The molecule has 0 N–H and O–H groups in total. The fourth-order valence-corrected chi connectivity index (χ4v) is 3.37. The van der Waals surface area contributed by atoms with Crippen LogP contribution in [-0.4, -0.2) is 51.6 Å². The van der Waals surface area contributed by atoms with Crippen LogP contribution in [0.5, 0.6) is 0 Å². The topological polar surface area (TPSA) is 63.5 Å². The highest BCUT2D eigenvalue weighted by atomic mass is 16.7. The zero-order valence-electron chi connectivity index (χ0n) is 16.1. The molecule has 1 aliphatic rings. The number of aromatic nitrogens is 3. The first kappa shape index (κ1) is 18.2. The molecule has 1 aromatic carbocycles. The van der Waals surface area contributed by atoms with E-state index in [1.165, 1.54) is 0 Å². The Balaban J connectivity index is 1.53. The van der Waals surface area contributed by atoms with Crippen LogP contribution < -0.4 is 5.06 Å². The van der Waals surface area contributed by atoms with Crippen LogP contribution in [0.2, 0.25) is 0 Å². The third-order valence-electron chi connectivity index (χ3n) is 4.68. The van der Waals surface area contributed by atoms with Gasteiger partial charge in [0.05, 0.1) is 24.4 Å². The van der Waals surface area contributed by atoms with E-state index in [1.807, 2.05) is 78.2 Å². The number of hydrogen-bond donors (Lipinski definition) is 0. The summed E-state index contributed by atoms with van der Waals surface area (Å²) in [4.78, 5) is 29.8. The fraction of sp³-hybridized carbons (Fsp3) is 0.286. The minimum Gasteiger partial charge on any atom is -0.334 e. The lowest BCUT2D eigenvalue weighted by molar-refractivity contribution is 0.0729. The average molecular weight is 377 g/mol. The summed E-state index contributed by atoms with van der Waals surface area (Å²) >= 11 is 0. The van der Waals surface area contributed by atoms with Gasteiger partial charge in [-0.1, -0.05) is 12.1 Å². The zero-order valence-corrected chi connectivity index (χ0v) is 16.1. The highest BCUT2D eigenvalue weighted by Gasteiger charge is 2.24. The van der Waals surface area contributed by atoms with Gasteiger partial charge in [-0.15, -0.1) is 0 Å². The van der Waals surface area contributed by atoms with Gasteiger partial charge in [-0.25, -0.2) is 15.0 Å². The molecule has 7 nitrogen and oxygen atoms in total. The second-order valence-corrected chi connectivity index (χ2v) is 6.79. The maximum Gasteiger partial charge on any atom is 0.256 e. The van der Waals surface area contributed by atoms with Gasteiger partial charge in [-0.3, -0.25) is 9.63 Å². The number of carbonyl (C=O) groups is 1. The Kier molecular flexibility index (Phi) is 5.08. The Bertz CT molecular complexity index is 950. The lowest BCUT2D eigenvalue weighted by Gasteiger charge is -2.22. The summed E-state index contributed by atoms with van der Waals surface area (Å²) < 4.78 is 1.96. The lowest BCUT2D eigenvalue weighted by Crippen LogP contribution is -2.36. The number of rotatable bonds is 3. The first-order valence-corrected chi connectivity index (χ1v) is 9.36. The summed E-state index contributed by atoms with van der Waals surface area (Å²) in [5.74, 6) is 0.538. The molecule has 0 radical (unpaired) electrons. The van der Waals surface area contributed by atoms with E-state index in [0.29, 0.717) is 37.8 Å². The predicted molar refractivity (Wildman–Crippen MR) is 106 cm³/mol. The SMILES string of the molecule is Cc1cc(C)nc(N2CCN(C(=O)c3ccccc3-n3cccc3)CCO2)n1. The first-order chi connectivity index (χ1) is 13.6. The number of para-hydroxylation sites is 1. The molecule has 2 aromatic heterocycles. The summed E-state index contributed by atoms with van der Waals surface area (Å²) in [6.45, 7) is 5.83. The van der Waals surface area contributed by atoms with Gasteiger partial charge in [0.15, 0.2) is 0 Å². The molecule has 0 spiro atoms. The van der Waals surface area contributed by atoms with E-state index in [0.717, 1.165) is 17.1 Å². The molecule has 1 amide bonds. The highest BCUT2D eigenvalue weighted by molar-refractivity contribution is 5.97. The number of aryl methyl sites for hydroxylation is 2. The zero-order chi connectivity index (χ0) is 19.5. The molecule has 1 fully saturated rings. The summed E-state index contributed by atoms with van der Waals surface area (Å²) in [5, 5.41) is 1.69. The van der Waals surface area contributed by atoms with E-state index in [4.69, 9.17) is 4.84 Å². The molecule has 0 unspecified atom stereocenters. The second-order valence-electron chi connectivity index (χ2n) is 6.79. The van der Waals surface area contributed by atoms with Crippen molar-refractivity contribution in [1.29, 1.82) is 0 Å². The summed E-state index contributed by atoms with van der Waals surface area (Å²) in [6, 6.07) is 13.5. The monoisotopic (exact) mass is 377 g/mol. The Morgan fingerprint density at radius 2 is 1.68 bits per heavy atom. The van der Waals surface area contributed by atoms with Crippen LogP contribution in [0.25, 0.3) is 5.69 Å². The van der Waals surface area contributed by atoms with Gasteiger partial charge < -0.3 is 9.47 Å². The fourth-order valence-electron chi connectivity index (χ4n) is 3.37. The molecule has 3 heterocycles. The molecule has 0 atom stereocenters. The standard InChI is InChI=1S/C21H23N5O2/c1-16-15-17(2)23-21(22-16)26-12-11-25(13-14-28-26)20(27)18-7-3-4-8-19(18)24-9-5-6-10-24/h3-10,15H,11-14H2,1-2H3. The van der Waals surface area contributed by atoms with Gasteiger partial charge in [-0.05, 0) is 44.2 Å². The van der Waals surface area contributed by atoms with Crippen LogP contribution in [0, 0.1) is 13.8 Å². The molecule has 28 heavy (non-hydrogen) atoms. The third-order valence-corrected chi connectivity index (χ3v) is 4.68. The predicted octanol–water partition coefficient (Wildman–Crippen LogP) is 2.78. The number of carbonyl (C=O) groups excluding carboxylic acids is 1. The van der Waals surface area contributed by atoms with E-state index in [9.17, 15) is 4.79 Å². The van der Waals surface area contributed by atoms with Crippen LogP contribution in [0.1, 0.15) is 21.7 Å². The molecule has 3 aromatic rings. The van der Waals surface area contributed by atoms with Gasteiger partial charge >= 0.3 is 0 Å². The van der Waals surface area contributed by atoms with Crippen molar-refractivity contribution in [3.05, 3.63) is 71.8 Å². The highest BCUT2D eigenvalue weighted by Crippen LogP contribution is 2.19. The number of anilines is 1. The molecule has 7 heteroatoms. The smallest absolute Gasteiger partial charge is 0.256 e. The molecule has 0 aliphatic carbocycles. The van der Waals surface area contributed by atoms with Crippen molar-refractivity contribution in [2.75, 3.05) is 31.3 Å². The maximum atomic E-state index is 13.2. The van der Waals surface area contributed by atoms with E-state index < -0.39 is 0 Å². The molecular formula is C21H23N5O2. The summed E-state index contributed by atoms with van der Waals surface area (Å²) in [7, 11) is 0. The van der Waals surface area contributed by atoms with Crippen molar-refractivity contribution < 1.29 is 9.63 Å². The van der Waals surface area contributed by atoms with E-state index >= 15 is 0 Å². The molecule has 1 aliphatic heterocycles. The van der Waals surface area contributed by atoms with E-state index in [2.05, 4.69) is 9.97 Å². The Morgan fingerprint density at radius 1 is 0.964 bits per heavy atom. The minimum atomic E-state index is -0.00362. The lowest BCUT2D eigenvalue weighted by atomic mass is 10.1. The molecule has 0 bridgehead atoms. The maximum absolute atomic E-state index is 13.2. The van der Waals surface area contributed by atoms with E-state index in [1.54, 1.807) is 5.06 Å². The number of amides is 1. The van der Waals surface area contributed by atoms with Gasteiger partial charge in [0.25, 0.3) is 5.91 Å². The van der Waals surface area contributed by atoms with Crippen molar-refractivity contribution in [1.82, 2.24) is 19.4 Å². The average Bonchev–Trinajstić information content (AvgIpc) is 3.11. The molecule has 1 saturated heterocycles. The van der Waals surface area contributed by atoms with Gasteiger partial charge in [-0.2, -0.15) is 0 Å². The minimum absolute atomic E-state index is 0.00362. The van der Waals surface area contributed by atoms with Gasteiger partial charge in [0.1, 0.15) is 0 Å². The molecule has 144 valence electrons. The van der Waals surface area contributed by atoms with Crippen molar-refractivity contribution in [3.8, 4) is 5.69 Å². The number of benzene rings is 1. The van der Waals surface area contributed by atoms with Gasteiger partial charge in [0, 0.05) is 36.9 Å². The number of hydroxylamine groups is 1. The van der Waals surface area contributed by atoms with Crippen molar-refractivity contribution in [2.45, 2.75) is 13.8 Å². The summed E-state index contributed by atoms with van der Waals surface area (Å²) in [5.41, 5.74) is 3.33. The normalized spacial score (nSPS) is 14.8. The molecule has 4 rings (SSSR count). The van der Waals surface area contributed by atoms with Crippen molar-refractivity contribution >= 4 is 11.9 Å². The van der Waals surface area contributed by atoms with E-state index in [-0.39, 0.29) is 5.91 Å². The van der Waals surface area contributed by atoms with Crippen molar-refractivity contribution in [2.24, 2.45) is 0 Å². The number of nitrogens with zero attached hydrogens (tertiary/aromatic N) is 5. The van der Waals surface area contributed by atoms with Crippen LogP contribution in [-0.2, 0) is 4.84 Å². The Hall–Kier alpha value is -3.19.